The van der Waals surface area contributed by atoms with Gasteiger partial charge in [-0.3, -0.25) is 0 Å². The molecule has 0 aliphatic carbocycles. The Morgan fingerprint density at radius 2 is 2.25 bits per heavy atom. The third kappa shape index (κ3) is 2.11. The van der Waals surface area contributed by atoms with Gasteiger partial charge in [-0.1, -0.05) is 15.9 Å². The maximum Gasteiger partial charge on any atom is 0.133 e. The summed E-state index contributed by atoms with van der Waals surface area (Å²) in [6, 6.07) is 3.95. The molecule has 66 valence electrons. The van der Waals surface area contributed by atoms with Crippen LogP contribution in [0.1, 0.15) is 5.56 Å². The maximum atomic E-state index is 5.54. The molecule has 12 heavy (non-hydrogen) atoms. The Bertz CT molecular complexity index is 261. The van der Waals surface area contributed by atoms with Crippen molar-refractivity contribution in [2.45, 2.75) is 6.54 Å². The molecule has 1 aromatic carbocycles. The Morgan fingerprint density at radius 3 is 2.75 bits per heavy atom. The molecule has 0 aliphatic heterocycles. The van der Waals surface area contributed by atoms with E-state index in [1.54, 1.807) is 7.11 Å². The SMILES string of the molecule is COc1cc(Br)c(CN)cc1I. The third-order valence-electron chi connectivity index (χ3n) is 1.54. The zero-order valence-corrected chi connectivity index (χ0v) is 10.3. The van der Waals surface area contributed by atoms with Crippen LogP contribution in [0.5, 0.6) is 5.75 Å². The van der Waals surface area contributed by atoms with Crippen LogP contribution >= 0.6 is 38.5 Å². The fourth-order valence-corrected chi connectivity index (χ4v) is 2.12. The van der Waals surface area contributed by atoms with Gasteiger partial charge in [-0.2, -0.15) is 0 Å². The molecular formula is C8H9BrINO. The highest BCUT2D eigenvalue weighted by Gasteiger charge is 2.04. The van der Waals surface area contributed by atoms with Gasteiger partial charge in [-0.25, -0.2) is 0 Å². The number of methoxy groups -OCH3 is 1. The molecule has 0 aliphatic rings. The number of halogens is 2. The first-order chi connectivity index (χ1) is 5.69. The molecule has 0 saturated heterocycles. The Morgan fingerprint density at radius 1 is 1.58 bits per heavy atom. The minimum atomic E-state index is 0.542. The molecule has 0 fully saturated rings. The molecule has 1 aromatic rings. The fourth-order valence-electron chi connectivity index (χ4n) is 0.883. The highest BCUT2D eigenvalue weighted by atomic mass is 127. The van der Waals surface area contributed by atoms with Crippen LogP contribution < -0.4 is 10.5 Å². The Balaban J connectivity index is 3.16. The number of ether oxygens (including phenoxy) is 1. The van der Waals surface area contributed by atoms with Gasteiger partial charge in [0.1, 0.15) is 5.75 Å². The Labute approximate surface area is 93.7 Å². The van der Waals surface area contributed by atoms with E-state index < -0.39 is 0 Å². The van der Waals surface area contributed by atoms with E-state index in [9.17, 15) is 0 Å². The lowest BCUT2D eigenvalue weighted by molar-refractivity contribution is 0.411. The monoisotopic (exact) mass is 341 g/mol. The third-order valence-corrected chi connectivity index (χ3v) is 3.12. The topological polar surface area (TPSA) is 35.2 Å². The molecule has 0 bridgehead atoms. The summed E-state index contributed by atoms with van der Waals surface area (Å²) in [4.78, 5) is 0. The maximum absolute atomic E-state index is 5.54. The van der Waals surface area contributed by atoms with Crippen LogP contribution in [-0.2, 0) is 6.54 Å². The van der Waals surface area contributed by atoms with Gasteiger partial charge < -0.3 is 10.5 Å². The largest absolute Gasteiger partial charge is 0.496 e. The van der Waals surface area contributed by atoms with Crippen LogP contribution in [0.2, 0.25) is 0 Å². The second-order valence-electron chi connectivity index (χ2n) is 2.28. The smallest absolute Gasteiger partial charge is 0.133 e. The summed E-state index contributed by atoms with van der Waals surface area (Å²) in [5.41, 5.74) is 6.63. The molecule has 0 heterocycles. The van der Waals surface area contributed by atoms with Crippen LogP contribution in [0, 0.1) is 3.57 Å². The number of rotatable bonds is 2. The number of benzene rings is 1. The summed E-state index contributed by atoms with van der Waals surface area (Å²) in [5, 5.41) is 0. The Hall–Kier alpha value is 0.190. The molecule has 0 aromatic heterocycles. The lowest BCUT2D eigenvalue weighted by Crippen LogP contribution is -1.99. The Kier molecular flexibility index (Phi) is 3.79. The van der Waals surface area contributed by atoms with Crippen molar-refractivity contribution in [2.75, 3.05) is 7.11 Å². The van der Waals surface area contributed by atoms with E-state index in [-0.39, 0.29) is 0 Å². The van der Waals surface area contributed by atoms with Crippen molar-refractivity contribution in [3.8, 4) is 5.75 Å². The van der Waals surface area contributed by atoms with E-state index in [0.29, 0.717) is 6.54 Å². The molecule has 0 radical (unpaired) electrons. The lowest BCUT2D eigenvalue weighted by atomic mass is 10.2. The van der Waals surface area contributed by atoms with E-state index >= 15 is 0 Å². The summed E-state index contributed by atoms with van der Waals surface area (Å²) < 4.78 is 7.23. The summed E-state index contributed by atoms with van der Waals surface area (Å²) in [5.74, 6) is 0.875. The first-order valence-electron chi connectivity index (χ1n) is 3.41. The molecule has 0 amide bonds. The lowest BCUT2D eigenvalue weighted by Gasteiger charge is -2.07. The van der Waals surface area contributed by atoms with Crippen LogP contribution in [0.25, 0.3) is 0 Å². The zero-order valence-electron chi connectivity index (χ0n) is 6.60. The highest BCUT2D eigenvalue weighted by molar-refractivity contribution is 14.1. The second-order valence-corrected chi connectivity index (χ2v) is 4.30. The standard InChI is InChI=1S/C8H9BrINO/c1-12-8-3-6(9)5(4-11)2-7(8)10/h2-3H,4,11H2,1H3. The summed E-state index contributed by atoms with van der Waals surface area (Å²) >= 11 is 5.64. The zero-order chi connectivity index (χ0) is 9.14. The molecular weight excluding hydrogens is 333 g/mol. The fraction of sp³-hybridized carbons (Fsp3) is 0.250. The van der Waals surface area contributed by atoms with Crippen molar-refractivity contribution < 1.29 is 4.74 Å². The normalized spacial score (nSPS) is 10.0. The molecule has 0 atom stereocenters. The summed E-state index contributed by atoms with van der Waals surface area (Å²) in [6.45, 7) is 0.542. The molecule has 2 N–H and O–H groups in total. The molecule has 4 heteroatoms. The van der Waals surface area contributed by atoms with Crippen molar-refractivity contribution in [2.24, 2.45) is 5.73 Å². The van der Waals surface area contributed by atoms with Crippen LogP contribution in [0.3, 0.4) is 0 Å². The molecule has 0 saturated carbocycles. The predicted octanol–water partition coefficient (Wildman–Crippen LogP) is 2.52. The quantitative estimate of drug-likeness (QED) is 0.839. The van der Waals surface area contributed by atoms with Crippen molar-refractivity contribution in [1.82, 2.24) is 0 Å². The van der Waals surface area contributed by atoms with E-state index in [4.69, 9.17) is 10.5 Å². The molecule has 1 rings (SSSR count). The number of hydrogen-bond acceptors (Lipinski definition) is 2. The van der Waals surface area contributed by atoms with Crippen LogP contribution in [0.15, 0.2) is 16.6 Å². The van der Waals surface area contributed by atoms with Crippen LogP contribution in [0.4, 0.5) is 0 Å². The summed E-state index contributed by atoms with van der Waals surface area (Å²) in [6.07, 6.45) is 0. The van der Waals surface area contributed by atoms with Gasteiger partial charge in [0.15, 0.2) is 0 Å². The predicted molar refractivity (Wildman–Crippen MR) is 61.3 cm³/mol. The van der Waals surface area contributed by atoms with E-state index in [0.717, 1.165) is 19.4 Å². The number of nitrogens with two attached hydrogens (primary N) is 1. The van der Waals surface area contributed by atoms with Crippen molar-refractivity contribution >= 4 is 38.5 Å². The first kappa shape index (κ1) is 10.3. The van der Waals surface area contributed by atoms with E-state index in [2.05, 4.69) is 38.5 Å². The summed E-state index contributed by atoms with van der Waals surface area (Å²) in [7, 11) is 1.66. The average molecular weight is 342 g/mol. The van der Waals surface area contributed by atoms with Gasteiger partial charge in [-0.05, 0) is 40.3 Å². The molecule has 0 spiro atoms. The average Bonchev–Trinajstić information content (AvgIpc) is 2.08. The van der Waals surface area contributed by atoms with E-state index in [1.165, 1.54) is 0 Å². The minimum absolute atomic E-state index is 0.542. The van der Waals surface area contributed by atoms with Gasteiger partial charge in [0.05, 0.1) is 10.7 Å². The second kappa shape index (κ2) is 4.43. The van der Waals surface area contributed by atoms with E-state index in [1.807, 2.05) is 12.1 Å². The highest BCUT2D eigenvalue weighted by Crippen LogP contribution is 2.28. The molecule has 2 nitrogen and oxygen atoms in total. The van der Waals surface area contributed by atoms with Gasteiger partial charge in [0.2, 0.25) is 0 Å². The van der Waals surface area contributed by atoms with Gasteiger partial charge in [0, 0.05) is 11.0 Å². The van der Waals surface area contributed by atoms with Gasteiger partial charge in [-0.15, -0.1) is 0 Å². The molecule has 0 unspecified atom stereocenters. The van der Waals surface area contributed by atoms with Crippen LogP contribution in [-0.4, -0.2) is 7.11 Å². The number of hydrogen-bond donors (Lipinski definition) is 1. The van der Waals surface area contributed by atoms with Gasteiger partial charge >= 0.3 is 0 Å². The van der Waals surface area contributed by atoms with Gasteiger partial charge in [0.25, 0.3) is 0 Å². The first-order valence-corrected chi connectivity index (χ1v) is 5.28. The van der Waals surface area contributed by atoms with Crippen molar-refractivity contribution in [1.29, 1.82) is 0 Å². The minimum Gasteiger partial charge on any atom is -0.496 e. The van der Waals surface area contributed by atoms with Crippen molar-refractivity contribution in [3.63, 3.8) is 0 Å². The van der Waals surface area contributed by atoms with Crippen molar-refractivity contribution in [3.05, 3.63) is 25.7 Å².